The Balaban J connectivity index is 1.87. The van der Waals surface area contributed by atoms with E-state index in [1.165, 1.54) is 0 Å². The zero-order valence-electron chi connectivity index (χ0n) is 12.8. The molecule has 2 aromatic carbocycles. The molecule has 0 spiro atoms. The van der Waals surface area contributed by atoms with Crippen LogP contribution in [0.5, 0.6) is 5.75 Å². The summed E-state index contributed by atoms with van der Waals surface area (Å²) in [6, 6.07) is 15.8. The molecule has 0 heterocycles. The summed E-state index contributed by atoms with van der Waals surface area (Å²) in [6.07, 6.45) is 1.00. The van der Waals surface area contributed by atoms with E-state index in [2.05, 4.69) is 11.4 Å². The Morgan fingerprint density at radius 1 is 1.09 bits per heavy atom. The molecule has 0 aliphatic heterocycles. The van der Waals surface area contributed by atoms with E-state index in [0.29, 0.717) is 6.61 Å². The van der Waals surface area contributed by atoms with Crippen LogP contribution in [0.1, 0.15) is 17.5 Å². The molecule has 0 atom stereocenters. The van der Waals surface area contributed by atoms with Gasteiger partial charge in [0.25, 0.3) is 0 Å². The molecule has 0 aliphatic carbocycles. The standard InChI is InChI=1S/C18H22ClNO2/c1-21-11-5-10-20-13-16-7-2-3-9-18(16)22-14-15-6-4-8-17(19)12-15/h2-4,6-9,12,20H,5,10-11,13-14H2,1H3. The maximum absolute atomic E-state index is 5.99. The first-order valence-corrected chi connectivity index (χ1v) is 7.82. The molecule has 1 N–H and O–H groups in total. The third kappa shape index (κ3) is 5.68. The molecule has 0 saturated carbocycles. The first-order valence-electron chi connectivity index (χ1n) is 7.44. The van der Waals surface area contributed by atoms with Crippen molar-refractivity contribution in [2.45, 2.75) is 19.6 Å². The molecule has 0 aliphatic rings. The molecule has 118 valence electrons. The molecule has 0 amide bonds. The molecule has 0 unspecified atom stereocenters. The summed E-state index contributed by atoms with van der Waals surface area (Å²) in [5, 5.41) is 4.13. The molecule has 0 bridgehead atoms. The Kier molecular flexibility index (Phi) is 7.23. The van der Waals surface area contributed by atoms with Crippen molar-refractivity contribution in [1.82, 2.24) is 5.32 Å². The van der Waals surface area contributed by atoms with Gasteiger partial charge in [0.05, 0.1) is 0 Å². The first-order chi connectivity index (χ1) is 10.8. The number of hydrogen-bond donors (Lipinski definition) is 1. The molecule has 2 rings (SSSR count). The molecule has 4 heteroatoms. The van der Waals surface area contributed by atoms with E-state index in [9.17, 15) is 0 Å². The van der Waals surface area contributed by atoms with Gasteiger partial charge < -0.3 is 14.8 Å². The number of methoxy groups -OCH3 is 1. The molecule has 0 fully saturated rings. The summed E-state index contributed by atoms with van der Waals surface area (Å²) in [7, 11) is 1.72. The molecule has 22 heavy (non-hydrogen) atoms. The van der Waals surface area contributed by atoms with E-state index in [1.54, 1.807) is 7.11 Å². The van der Waals surface area contributed by atoms with Crippen molar-refractivity contribution in [1.29, 1.82) is 0 Å². The predicted molar refractivity (Wildman–Crippen MR) is 90.4 cm³/mol. The van der Waals surface area contributed by atoms with Gasteiger partial charge in [-0.2, -0.15) is 0 Å². The van der Waals surface area contributed by atoms with Gasteiger partial charge in [0.1, 0.15) is 12.4 Å². The van der Waals surface area contributed by atoms with Crippen LogP contribution in [0.3, 0.4) is 0 Å². The van der Waals surface area contributed by atoms with E-state index in [4.69, 9.17) is 21.1 Å². The van der Waals surface area contributed by atoms with Crippen molar-refractivity contribution in [3.8, 4) is 5.75 Å². The maximum atomic E-state index is 5.99. The van der Waals surface area contributed by atoms with E-state index in [1.807, 2.05) is 42.5 Å². The number of ether oxygens (including phenoxy) is 2. The predicted octanol–water partition coefficient (Wildman–Crippen LogP) is 4.05. The Morgan fingerprint density at radius 3 is 2.77 bits per heavy atom. The molecular weight excluding hydrogens is 298 g/mol. The van der Waals surface area contributed by atoms with Gasteiger partial charge in [0, 0.05) is 30.8 Å². The van der Waals surface area contributed by atoms with Gasteiger partial charge in [-0.25, -0.2) is 0 Å². The lowest BCUT2D eigenvalue weighted by atomic mass is 10.2. The second-order valence-corrected chi connectivity index (χ2v) is 5.49. The van der Waals surface area contributed by atoms with Crippen molar-refractivity contribution in [3.63, 3.8) is 0 Å². The molecule has 0 radical (unpaired) electrons. The minimum Gasteiger partial charge on any atom is -0.489 e. The van der Waals surface area contributed by atoms with Crippen LogP contribution in [0.25, 0.3) is 0 Å². The largest absolute Gasteiger partial charge is 0.489 e. The van der Waals surface area contributed by atoms with Gasteiger partial charge in [-0.05, 0) is 36.7 Å². The monoisotopic (exact) mass is 319 g/mol. The summed E-state index contributed by atoms with van der Waals surface area (Å²) < 4.78 is 11.0. The number of benzene rings is 2. The second kappa shape index (κ2) is 9.46. The van der Waals surface area contributed by atoms with Gasteiger partial charge in [-0.15, -0.1) is 0 Å². The number of hydrogen-bond acceptors (Lipinski definition) is 3. The average Bonchev–Trinajstić information content (AvgIpc) is 2.54. The first kappa shape index (κ1) is 16.8. The second-order valence-electron chi connectivity index (χ2n) is 5.05. The molecule has 0 saturated heterocycles. The highest BCUT2D eigenvalue weighted by atomic mass is 35.5. The van der Waals surface area contributed by atoms with Gasteiger partial charge in [-0.3, -0.25) is 0 Å². The Hall–Kier alpha value is -1.55. The van der Waals surface area contributed by atoms with Crippen molar-refractivity contribution >= 4 is 11.6 Å². The normalized spacial score (nSPS) is 10.6. The summed E-state index contributed by atoms with van der Waals surface area (Å²) in [5.74, 6) is 0.904. The van der Waals surface area contributed by atoms with Gasteiger partial charge in [0.15, 0.2) is 0 Å². The number of nitrogens with one attached hydrogen (secondary N) is 1. The minimum atomic E-state index is 0.515. The molecule has 0 aromatic heterocycles. The Labute approximate surface area is 137 Å². The van der Waals surface area contributed by atoms with E-state index in [0.717, 1.165) is 48.0 Å². The summed E-state index contributed by atoms with van der Waals surface area (Å²) in [5.41, 5.74) is 2.22. The van der Waals surface area contributed by atoms with Crippen LogP contribution in [0.4, 0.5) is 0 Å². The fourth-order valence-corrected chi connectivity index (χ4v) is 2.36. The number of para-hydroxylation sites is 1. The Bertz CT molecular complexity index is 575. The maximum Gasteiger partial charge on any atom is 0.124 e. The average molecular weight is 320 g/mol. The lowest BCUT2D eigenvalue weighted by molar-refractivity contribution is 0.194. The van der Waals surface area contributed by atoms with Crippen molar-refractivity contribution < 1.29 is 9.47 Å². The number of rotatable bonds is 9. The Morgan fingerprint density at radius 2 is 1.95 bits per heavy atom. The quantitative estimate of drug-likeness (QED) is 0.707. The van der Waals surface area contributed by atoms with Crippen LogP contribution in [-0.2, 0) is 17.9 Å². The fraction of sp³-hybridized carbons (Fsp3) is 0.333. The van der Waals surface area contributed by atoms with Crippen LogP contribution in [-0.4, -0.2) is 20.3 Å². The van der Waals surface area contributed by atoms with Crippen LogP contribution in [0.15, 0.2) is 48.5 Å². The van der Waals surface area contributed by atoms with E-state index in [-0.39, 0.29) is 0 Å². The molecular formula is C18H22ClNO2. The number of halogens is 1. The summed E-state index contributed by atoms with van der Waals surface area (Å²) >= 11 is 5.99. The lowest BCUT2D eigenvalue weighted by Crippen LogP contribution is -2.16. The van der Waals surface area contributed by atoms with Crippen LogP contribution < -0.4 is 10.1 Å². The van der Waals surface area contributed by atoms with Crippen LogP contribution in [0, 0.1) is 0 Å². The minimum absolute atomic E-state index is 0.515. The topological polar surface area (TPSA) is 30.5 Å². The zero-order valence-corrected chi connectivity index (χ0v) is 13.6. The van der Waals surface area contributed by atoms with Crippen molar-refractivity contribution in [2.24, 2.45) is 0 Å². The van der Waals surface area contributed by atoms with Crippen molar-refractivity contribution in [2.75, 3.05) is 20.3 Å². The van der Waals surface area contributed by atoms with E-state index >= 15 is 0 Å². The SMILES string of the molecule is COCCCNCc1ccccc1OCc1cccc(Cl)c1. The third-order valence-corrected chi connectivity index (χ3v) is 3.51. The van der Waals surface area contributed by atoms with Gasteiger partial charge in [-0.1, -0.05) is 41.9 Å². The van der Waals surface area contributed by atoms with Crippen molar-refractivity contribution in [3.05, 3.63) is 64.7 Å². The highest BCUT2D eigenvalue weighted by Gasteiger charge is 2.03. The highest BCUT2D eigenvalue weighted by molar-refractivity contribution is 6.30. The zero-order chi connectivity index (χ0) is 15.6. The highest BCUT2D eigenvalue weighted by Crippen LogP contribution is 2.20. The molecule has 2 aromatic rings. The van der Waals surface area contributed by atoms with Crippen LogP contribution in [0.2, 0.25) is 5.02 Å². The van der Waals surface area contributed by atoms with Crippen LogP contribution >= 0.6 is 11.6 Å². The third-order valence-electron chi connectivity index (χ3n) is 3.27. The van der Waals surface area contributed by atoms with E-state index < -0.39 is 0 Å². The molecule has 3 nitrogen and oxygen atoms in total. The summed E-state index contributed by atoms with van der Waals surface area (Å²) in [6.45, 7) is 3.01. The smallest absolute Gasteiger partial charge is 0.124 e. The van der Waals surface area contributed by atoms with Gasteiger partial charge in [0.2, 0.25) is 0 Å². The summed E-state index contributed by atoms with van der Waals surface area (Å²) in [4.78, 5) is 0. The van der Waals surface area contributed by atoms with Gasteiger partial charge >= 0.3 is 0 Å². The fourth-order valence-electron chi connectivity index (χ4n) is 2.14. The lowest BCUT2D eigenvalue weighted by Gasteiger charge is -2.12.